The van der Waals surface area contributed by atoms with Crippen molar-refractivity contribution in [2.24, 2.45) is 5.10 Å². The van der Waals surface area contributed by atoms with Crippen LogP contribution in [-0.4, -0.2) is 23.6 Å². The molecule has 6 heteroatoms. The maximum absolute atomic E-state index is 13.4. The van der Waals surface area contributed by atoms with Crippen LogP contribution in [0.2, 0.25) is 0 Å². The van der Waals surface area contributed by atoms with Crippen LogP contribution in [0, 0.1) is 5.82 Å². The predicted octanol–water partition coefficient (Wildman–Crippen LogP) is 2.24. The molecule has 0 bridgehead atoms. The smallest absolute Gasteiger partial charge is 0.274 e. The third-order valence-corrected chi connectivity index (χ3v) is 2.90. The van der Waals surface area contributed by atoms with E-state index < -0.39 is 11.7 Å². The van der Waals surface area contributed by atoms with Crippen molar-refractivity contribution < 1.29 is 14.0 Å². The van der Waals surface area contributed by atoms with Crippen molar-refractivity contribution in [2.75, 3.05) is 0 Å². The first-order valence-corrected chi connectivity index (χ1v) is 6.81. The minimum absolute atomic E-state index is 0.0851. The maximum Gasteiger partial charge on any atom is 0.274 e. The topological polar surface area (TPSA) is 70.6 Å². The van der Waals surface area contributed by atoms with E-state index in [2.05, 4.69) is 15.8 Å². The number of nitrogens with zero attached hydrogens (tertiary/aromatic N) is 1. The summed E-state index contributed by atoms with van der Waals surface area (Å²) in [6, 6.07) is 5.72. The monoisotopic (exact) mass is 293 g/mol. The fourth-order valence-corrected chi connectivity index (χ4v) is 1.55. The van der Waals surface area contributed by atoms with Crippen molar-refractivity contribution in [3.05, 3.63) is 35.6 Å². The van der Waals surface area contributed by atoms with Crippen molar-refractivity contribution in [1.82, 2.24) is 10.7 Å². The van der Waals surface area contributed by atoms with Gasteiger partial charge in [0.25, 0.3) is 5.91 Å². The zero-order chi connectivity index (χ0) is 15.8. The second-order valence-corrected chi connectivity index (χ2v) is 4.82. The largest absolute Gasteiger partial charge is 0.353 e. The van der Waals surface area contributed by atoms with Crippen LogP contribution in [0.5, 0.6) is 0 Å². The van der Waals surface area contributed by atoms with E-state index in [0.29, 0.717) is 5.71 Å². The summed E-state index contributed by atoms with van der Waals surface area (Å²) in [6.45, 7) is 5.50. The van der Waals surface area contributed by atoms with Crippen LogP contribution in [0.3, 0.4) is 0 Å². The molecule has 21 heavy (non-hydrogen) atoms. The average molecular weight is 293 g/mol. The number of hydrazone groups is 1. The van der Waals surface area contributed by atoms with Crippen LogP contribution in [0.1, 0.15) is 44.0 Å². The molecule has 1 aromatic rings. The number of carbonyl (C=O) groups excluding carboxylic acids is 2. The standard InChI is InChI=1S/C15H20FN3O2/c1-4-10(2)17-14(20)9-11(3)18-19-15(21)12-7-5-6-8-13(12)16/h5-8,10H,4,9H2,1-3H3,(H,17,20)(H,19,21)/b18-11-/t10-/m1/s1. The van der Waals surface area contributed by atoms with Crippen molar-refractivity contribution in [1.29, 1.82) is 0 Å². The zero-order valence-electron chi connectivity index (χ0n) is 12.4. The Bertz CT molecular complexity index is 543. The van der Waals surface area contributed by atoms with E-state index in [-0.39, 0.29) is 23.9 Å². The van der Waals surface area contributed by atoms with Crippen LogP contribution < -0.4 is 10.7 Å². The molecule has 0 saturated heterocycles. The lowest BCUT2D eigenvalue weighted by atomic mass is 10.2. The normalized spacial score (nSPS) is 12.7. The number of benzene rings is 1. The summed E-state index contributed by atoms with van der Waals surface area (Å²) < 4.78 is 13.4. The van der Waals surface area contributed by atoms with Gasteiger partial charge in [0.2, 0.25) is 5.91 Å². The molecular weight excluding hydrogens is 273 g/mol. The lowest BCUT2D eigenvalue weighted by Crippen LogP contribution is -2.33. The van der Waals surface area contributed by atoms with Crippen LogP contribution >= 0.6 is 0 Å². The summed E-state index contributed by atoms with van der Waals surface area (Å²) in [7, 11) is 0. The Kier molecular flexibility index (Phi) is 6.52. The Balaban J connectivity index is 2.54. The van der Waals surface area contributed by atoms with Gasteiger partial charge < -0.3 is 5.32 Å². The number of rotatable bonds is 6. The SMILES string of the molecule is CC[C@@H](C)NC(=O)C/C(C)=N\NC(=O)c1ccccc1F. The van der Waals surface area contributed by atoms with Gasteiger partial charge >= 0.3 is 0 Å². The van der Waals surface area contributed by atoms with Gasteiger partial charge in [0.05, 0.1) is 12.0 Å². The molecule has 0 radical (unpaired) electrons. The molecule has 0 aliphatic rings. The van der Waals surface area contributed by atoms with E-state index in [9.17, 15) is 14.0 Å². The molecule has 0 spiro atoms. The first kappa shape index (κ1) is 16.8. The van der Waals surface area contributed by atoms with E-state index in [1.807, 2.05) is 13.8 Å². The molecule has 0 aromatic heterocycles. The van der Waals surface area contributed by atoms with Gasteiger partial charge in [-0.2, -0.15) is 5.10 Å². The lowest BCUT2D eigenvalue weighted by molar-refractivity contribution is -0.120. The van der Waals surface area contributed by atoms with E-state index in [1.54, 1.807) is 13.0 Å². The van der Waals surface area contributed by atoms with Crippen LogP contribution in [0.4, 0.5) is 4.39 Å². The third-order valence-electron chi connectivity index (χ3n) is 2.90. The highest BCUT2D eigenvalue weighted by molar-refractivity contribution is 6.01. The molecule has 2 N–H and O–H groups in total. The molecular formula is C15H20FN3O2. The van der Waals surface area contributed by atoms with Crippen LogP contribution in [-0.2, 0) is 4.79 Å². The lowest BCUT2D eigenvalue weighted by Gasteiger charge is -2.11. The van der Waals surface area contributed by atoms with Gasteiger partial charge in [-0.25, -0.2) is 9.82 Å². The quantitative estimate of drug-likeness (QED) is 0.623. The summed E-state index contributed by atoms with van der Waals surface area (Å²) >= 11 is 0. The molecule has 0 aliphatic heterocycles. The molecule has 114 valence electrons. The van der Waals surface area contributed by atoms with Crippen molar-refractivity contribution in [2.45, 2.75) is 39.7 Å². The maximum atomic E-state index is 13.4. The summed E-state index contributed by atoms with van der Waals surface area (Å²) in [5, 5.41) is 6.60. The first-order chi connectivity index (χ1) is 9.93. The van der Waals surface area contributed by atoms with Crippen LogP contribution in [0.25, 0.3) is 0 Å². The molecule has 0 aliphatic carbocycles. The van der Waals surface area contributed by atoms with Gasteiger partial charge in [-0.1, -0.05) is 19.1 Å². The summed E-state index contributed by atoms with van der Waals surface area (Å²) in [6.07, 6.45) is 0.924. The van der Waals surface area contributed by atoms with E-state index in [0.717, 1.165) is 6.42 Å². The zero-order valence-corrected chi connectivity index (χ0v) is 12.4. The Morgan fingerprint density at radius 1 is 1.33 bits per heavy atom. The van der Waals surface area contributed by atoms with Crippen molar-refractivity contribution in [3.63, 3.8) is 0 Å². The molecule has 1 aromatic carbocycles. The highest BCUT2D eigenvalue weighted by Gasteiger charge is 2.11. The highest BCUT2D eigenvalue weighted by atomic mass is 19.1. The molecule has 5 nitrogen and oxygen atoms in total. The van der Waals surface area contributed by atoms with Gasteiger partial charge in [-0.3, -0.25) is 9.59 Å². The summed E-state index contributed by atoms with van der Waals surface area (Å²) in [4.78, 5) is 23.3. The first-order valence-electron chi connectivity index (χ1n) is 6.81. The number of amides is 2. The van der Waals surface area contributed by atoms with Gasteiger partial charge in [-0.05, 0) is 32.4 Å². The molecule has 1 atom stereocenters. The molecule has 0 fully saturated rings. The Morgan fingerprint density at radius 2 is 2.00 bits per heavy atom. The number of nitrogens with one attached hydrogen (secondary N) is 2. The highest BCUT2D eigenvalue weighted by Crippen LogP contribution is 2.05. The molecule has 2 amide bonds. The molecule has 1 rings (SSSR count). The molecule has 0 heterocycles. The van der Waals surface area contributed by atoms with Crippen molar-refractivity contribution >= 4 is 17.5 Å². The third kappa shape index (κ3) is 5.72. The van der Waals surface area contributed by atoms with Gasteiger partial charge in [0.1, 0.15) is 5.82 Å². The predicted molar refractivity (Wildman–Crippen MR) is 79.5 cm³/mol. The number of halogens is 1. The Hall–Kier alpha value is -2.24. The minimum atomic E-state index is -0.644. The van der Waals surface area contributed by atoms with Crippen molar-refractivity contribution in [3.8, 4) is 0 Å². The summed E-state index contributed by atoms with van der Waals surface area (Å²) in [5.41, 5.74) is 2.60. The Morgan fingerprint density at radius 3 is 2.62 bits per heavy atom. The summed E-state index contributed by atoms with van der Waals surface area (Å²) in [5.74, 6) is -1.42. The van der Waals surface area contributed by atoms with Crippen LogP contribution in [0.15, 0.2) is 29.4 Å². The minimum Gasteiger partial charge on any atom is -0.353 e. The fraction of sp³-hybridized carbons (Fsp3) is 0.400. The molecule has 0 unspecified atom stereocenters. The number of carbonyl (C=O) groups is 2. The van der Waals surface area contributed by atoms with E-state index >= 15 is 0 Å². The van der Waals surface area contributed by atoms with Gasteiger partial charge in [0.15, 0.2) is 0 Å². The number of hydrogen-bond donors (Lipinski definition) is 2. The average Bonchev–Trinajstić information content (AvgIpc) is 2.44. The van der Waals surface area contributed by atoms with Gasteiger partial charge in [0, 0.05) is 11.8 Å². The molecule has 0 saturated carbocycles. The van der Waals surface area contributed by atoms with Gasteiger partial charge in [-0.15, -0.1) is 0 Å². The second-order valence-electron chi connectivity index (χ2n) is 4.82. The Labute approximate surface area is 123 Å². The number of hydrogen-bond acceptors (Lipinski definition) is 3. The fourth-order valence-electron chi connectivity index (χ4n) is 1.55. The second kappa shape index (κ2) is 8.14. The van der Waals surface area contributed by atoms with E-state index in [1.165, 1.54) is 18.2 Å². The van der Waals surface area contributed by atoms with E-state index in [4.69, 9.17) is 0 Å².